The third-order valence-corrected chi connectivity index (χ3v) is 5.43. The van der Waals surface area contributed by atoms with E-state index in [1.807, 2.05) is 27.7 Å². The highest BCUT2D eigenvalue weighted by Gasteiger charge is 2.22. The summed E-state index contributed by atoms with van der Waals surface area (Å²) in [7, 11) is 1.66. The van der Waals surface area contributed by atoms with Gasteiger partial charge in [-0.05, 0) is 51.8 Å². The lowest BCUT2D eigenvalue weighted by Crippen LogP contribution is -2.31. The number of hydrogen-bond donors (Lipinski definition) is 3. The fraction of sp³-hybridized carbons (Fsp3) is 0.500. The molecule has 9 nitrogen and oxygen atoms in total. The number of aliphatic hydroxyl groups excluding tert-OH is 2. The van der Waals surface area contributed by atoms with E-state index >= 15 is 0 Å². The van der Waals surface area contributed by atoms with E-state index in [4.69, 9.17) is 24.1 Å². The van der Waals surface area contributed by atoms with E-state index < -0.39 is 17.5 Å². The van der Waals surface area contributed by atoms with Crippen LogP contribution in [0.1, 0.15) is 58.9 Å². The van der Waals surface area contributed by atoms with Gasteiger partial charge in [-0.2, -0.15) is 0 Å². The normalized spacial score (nSPS) is 12.9. The number of benzene rings is 1. The molecule has 0 amide bonds. The number of phenolic OH excluding ortho intramolecular Hbond substituents is 1. The number of ether oxygens (including phenoxy) is 4. The van der Waals surface area contributed by atoms with Crippen molar-refractivity contribution in [3.8, 4) is 11.5 Å². The molecule has 0 bridgehead atoms. The number of allylic oxidation sites excluding steroid dienone is 3. The number of esters is 2. The Bertz CT molecular complexity index is 958. The highest BCUT2D eigenvalue weighted by atomic mass is 16.5. The van der Waals surface area contributed by atoms with Crippen LogP contribution in [-0.2, 0) is 23.8 Å². The van der Waals surface area contributed by atoms with E-state index in [1.54, 1.807) is 19.3 Å². The third kappa shape index (κ3) is 14.3. The summed E-state index contributed by atoms with van der Waals surface area (Å²) in [5, 5.41) is 28.0. The van der Waals surface area contributed by atoms with Crippen LogP contribution < -0.4 is 4.74 Å². The van der Waals surface area contributed by atoms with Crippen LogP contribution in [0.25, 0.3) is 6.08 Å². The van der Waals surface area contributed by atoms with Gasteiger partial charge in [0.25, 0.3) is 0 Å². The van der Waals surface area contributed by atoms with Gasteiger partial charge in [-0.25, -0.2) is 0 Å². The number of rotatable bonds is 16. The lowest BCUT2D eigenvalue weighted by molar-refractivity contribution is -0.148. The van der Waals surface area contributed by atoms with Gasteiger partial charge in [0.1, 0.15) is 11.5 Å². The molecule has 0 saturated heterocycles. The molecule has 9 heteroatoms. The molecule has 0 aliphatic carbocycles. The van der Waals surface area contributed by atoms with E-state index in [1.165, 1.54) is 30.4 Å². The van der Waals surface area contributed by atoms with Gasteiger partial charge in [0.2, 0.25) is 0 Å². The maximum Gasteiger partial charge on any atom is 0.311 e. The average Bonchev–Trinajstić information content (AvgIpc) is 2.82. The molecule has 0 heterocycles. The summed E-state index contributed by atoms with van der Waals surface area (Å²) in [6, 6.07) is 4.24. The smallest absolute Gasteiger partial charge is 0.311 e. The summed E-state index contributed by atoms with van der Waals surface area (Å²) in [6.07, 6.45) is 7.86. The van der Waals surface area contributed by atoms with Crippen molar-refractivity contribution in [2.24, 2.45) is 0 Å². The molecule has 3 N–H and O–H groups in total. The number of phenols is 1. The lowest BCUT2D eigenvalue weighted by atomic mass is 10.0. The van der Waals surface area contributed by atoms with Crippen LogP contribution in [0.4, 0.5) is 0 Å². The zero-order valence-electron chi connectivity index (χ0n) is 22.4. The Hall–Kier alpha value is -3.14. The highest BCUT2D eigenvalue weighted by Crippen LogP contribution is 2.24. The lowest BCUT2D eigenvalue weighted by Gasteiger charge is -2.28. The minimum Gasteiger partial charge on any atom is -0.515 e. The Balaban J connectivity index is 2.48. The first-order chi connectivity index (χ1) is 17.4. The van der Waals surface area contributed by atoms with Crippen molar-refractivity contribution in [1.82, 2.24) is 0 Å². The van der Waals surface area contributed by atoms with Crippen LogP contribution in [0.3, 0.4) is 0 Å². The van der Waals surface area contributed by atoms with Crippen molar-refractivity contribution in [1.29, 1.82) is 0 Å². The summed E-state index contributed by atoms with van der Waals surface area (Å²) < 4.78 is 21.7. The van der Waals surface area contributed by atoms with Crippen molar-refractivity contribution >= 4 is 18.0 Å². The molecule has 0 unspecified atom stereocenters. The fourth-order valence-electron chi connectivity index (χ4n) is 2.90. The minimum atomic E-state index is -0.649. The van der Waals surface area contributed by atoms with Gasteiger partial charge in [-0.3, -0.25) is 9.59 Å². The number of carbonyl (C=O) groups excluding carboxylic acids is 2. The predicted octanol–water partition coefficient (Wildman–Crippen LogP) is 4.63. The number of hydrogen-bond acceptors (Lipinski definition) is 9. The van der Waals surface area contributed by atoms with Crippen LogP contribution in [-0.4, -0.2) is 65.4 Å². The molecule has 37 heavy (non-hydrogen) atoms. The average molecular weight is 521 g/mol. The zero-order valence-corrected chi connectivity index (χ0v) is 22.4. The molecule has 0 saturated carbocycles. The topological polar surface area (TPSA) is 132 Å². The van der Waals surface area contributed by atoms with E-state index in [2.05, 4.69) is 0 Å². The van der Waals surface area contributed by atoms with Gasteiger partial charge < -0.3 is 34.3 Å². The van der Waals surface area contributed by atoms with E-state index in [-0.39, 0.29) is 43.2 Å². The molecule has 206 valence electrons. The molecule has 0 aliphatic heterocycles. The van der Waals surface area contributed by atoms with E-state index in [0.717, 1.165) is 12.7 Å². The van der Waals surface area contributed by atoms with Gasteiger partial charge in [0.05, 0.1) is 50.1 Å². The molecule has 0 spiro atoms. The standard InChI is InChI=1S/C28H40O9/c1-27(2,34-5)13-16-36-28(3,4)12-15-35-25(32)10-11-26(33)37-24-18-22(17-23(31)19-24)9-8-21(20-30)7-6-14-29/h6-9,17-20,29-31H,10-16H2,1-5H3/b7-6-,9-8+,21-20+. The van der Waals surface area contributed by atoms with Crippen LogP contribution in [0, 0.1) is 0 Å². The van der Waals surface area contributed by atoms with E-state index in [9.17, 15) is 19.8 Å². The fourth-order valence-corrected chi connectivity index (χ4v) is 2.90. The first kappa shape index (κ1) is 31.9. The van der Waals surface area contributed by atoms with Gasteiger partial charge >= 0.3 is 11.9 Å². The summed E-state index contributed by atoms with van der Waals surface area (Å²) in [5.41, 5.74) is 0.175. The molecule has 0 radical (unpaired) electrons. The van der Waals surface area contributed by atoms with Crippen LogP contribution >= 0.6 is 0 Å². The van der Waals surface area contributed by atoms with Crippen molar-refractivity contribution < 1.29 is 43.9 Å². The van der Waals surface area contributed by atoms with E-state index in [0.29, 0.717) is 24.2 Å². The van der Waals surface area contributed by atoms with Crippen molar-refractivity contribution in [2.45, 2.75) is 64.6 Å². The Kier molecular flexibility index (Phi) is 13.7. The largest absolute Gasteiger partial charge is 0.515 e. The number of aromatic hydroxyl groups is 1. The third-order valence-electron chi connectivity index (χ3n) is 5.43. The van der Waals surface area contributed by atoms with Crippen LogP contribution in [0.5, 0.6) is 11.5 Å². The molecule has 0 aliphatic rings. The van der Waals surface area contributed by atoms with Gasteiger partial charge in [0, 0.05) is 25.2 Å². The van der Waals surface area contributed by atoms with Crippen molar-refractivity contribution in [2.75, 3.05) is 26.9 Å². The number of aliphatic hydroxyl groups is 2. The molecule has 0 fully saturated rings. The second kappa shape index (κ2) is 15.9. The molecule has 0 aromatic heterocycles. The molecule has 1 aromatic rings. The monoisotopic (exact) mass is 520 g/mol. The van der Waals surface area contributed by atoms with Gasteiger partial charge in [-0.15, -0.1) is 0 Å². The predicted molar refractivity (Wildman–Crippen MR) is 140 cm³/mol. The Morgan fingerprint density at radius 1 is 0.946 bits per heavy atom. The summed E-state index contributed by atoms with van der Waals surface area (Å²) in [5.74, 6) is -1.19. The Labute approximate surface area is 219 Å². The quantitative estimate of drug-likeness (QED) is 0.124. The zero-order chi connectivity index (χ0) is 27.9. The first-order valence-electron chi connectivity index (χ1n) is 12.1. The molecule has 0 atom stereocenters. The minimum absolute atomic E-state index is 0.106. The number of methoxy groups -OCH3 is 1. The molecule has 1 aromatic carbocycles. The van der Waals surface area contributed by atoms with Crippen molar-refractivity contribution in [3.05, 3.63) is 53.8 Å². The molecular weight excluding hydrogens is 480 g/mol. The second-order valence-corrected chi connectivity index (χ2v) is 9.57. The highest BCUT2D eigenvalue weighted by molar-refractivity contribution is 5.79. The SMILES string of the molecule is COC(C)(C)CCOC(C)(C)CCOC(=O)CCC(=O)Oc1cc(O)cc(/C=C/C(/C=C\CO)=C/O)c1. The Morgan fingerprint density at radius 3 is 2.27 bits per heavy atom. The number of carbonyl (C=O) groups is 2. The van der Waals surface area contributed by atoms with Gasteiger partial charge in [-0.1, -0.05) is 24.3 Å². The Morgan fingerprint density at radius 2 is 1.62 bits per heavy atom. The maximum atomic E-state index is 12.2. The second-order valence-electron chi connectivity index (χ2n) is 9.57. The summed E-state index contributed by atoms with van der Waals surface area (Å²) >= 11 is 0. The van der Waals surface area contributed by atoms with Crippen LogP contribution in [0.15, 0.2) is 48.3 Å². The summed E-state index contributed by atoms with van der Waals surface area (Å²) in [6.45, 7) is 8.31. The first-order valence-corrected chi connectivity index (χ1v) is 12.1. The van der Waals surface area contributed by atoms with Crippen LogP contribution in [0.2, 0.25) is 0 Å². The molecular formula is C28H40O9. The van der Waals surface area contributed by atoms with Gasteiger partial charge in [0.15, 0.2) is 0 Å². The van der Waals surface area contributed by atoms with Crippen molar-refractivity contribution in [3.63, 3.8) is 0 Å². The maximum absolute atomic E-state index is 12.2. The summed E-state index contributed by atoms with van der Waals surface area (Å²) in [4.78, 5) is 24.2. The molecule has 1 rings (SSSR count).